The molecule has 2 aromatic rings. The van der Waals surface area contributed by atoms with Crippen molar-refractivity contribution in [3.05, 3.63) is 45.1 Å². The number of nitrogens with zero attached hydrogens (tertiary/aromatic N) is 1. The molecule has 0 radical (unpaired) electrons. The van der Waals surface area contributed by atoms with Crippen LogP contribution in [-0.2, 0) is 6.54 Å². The van der Waals surface area contributed by atoms with Gasteiger partial charge in [-0.2, -0.15) is 0 Å². The molecule has 2 rings (SSSR count). The summed E-state index contributed by atoms with van der Waals surface area (Å²) in [5.74, 6) is 1.07. The monoisotopic (exact) mass is 339 g/mol. The number of hydrogen-bond donors (Lipinski definition) is 0. The molecule has 118 valence electrons. The van der Waals surface area contributed by atoms with Gasteiger partial charge in [0.1, 0.15) is 11.5 Å². The largest absolute Gasteiger partial charge is 0.497 e. The summed E-state index contributed by atoms with van der Waals surface area (Å²) in [6.07, 6.45) is 0. The Labute approximate surface area is 139 Å². The van der Waals surface area contributed by atoms with Crippen LogP contribution in [0.15, 0.2) is 30.3 Å². The van der Waals surface area contributed by atoms with Crippen molar-refractivity contribution in [3.8, 4) is 11.5 Å². The maximum absolute atomic E-state index is 12.8. The minimum Gasteiger partial charge on any atom is -0.497 e. The molecule has 0 aliphatic heterocycles. The van der Waals surface area contributed by atoms with Crippen LogP contribution < -0.4 is 9.47 Å². The van der Waals surface area contributed by atoms with Gasteiger partial charge in [0.15, 0.2) is 0 Å². The molecular formula is C16H18ClNO3S. The normalized spacial score (nSPS) is 10.4. The van der Waals surface area contributed by atoms with E-state index in [1.165, 1.54) is 11.3 Å². The second-order valence-corrected chi connectivity index (χ2v) is 6.39. The highest BCUT2D eigenvalue weighted by atomic mass is 35.5. The standard InChI is InChI=1S/C16H18ClNO3S/c1-4-18(10-12-6-8-15(17)22-12)16(19)13-9-11(20-2)5-7-14(13)21-3/h5-9H,4,10H2,1-3H3. The Morgan fingerprint density at radius 2 is 2.00 bits per heavy atom. The first-order valence-corrected chi connectivity index (χ1v) is 8.04. The maximum atomic E-state index is 12.8. The number of halogens is 1. The third-order valence-corrected chi connectivity index (χ3v) is 4.50. The van der Waals surface area contributed by atoms with E-state index in [2.05, 4.69) is 0 Å². The summed E-state index contributed by atoms with van der Waals surface area (Å²) in [5.41, 5.74) is 0.492. The van der Waals surface area contributed by atoms with Crippen molar-refractivity contribution in [2.24, 2.45) is 0 Å². The highest BCUT2D eigenvalue weighted by Gasteiger charge is 2.20. The van der Waals surface area contributed by atoms with E-state index < -0.39 is 0 Å². The van der Waals surface area contributed by atoms with Crippen LogP contribution in [0.25, 0.3) is 0 Å². The van der Waals surface area contributed by atoms with Gasteiger partial charge in [-0.05, 0) is 37.3 Å². The van der Waals surface area contributed by atoms with Crippen molar-refractivity contribution in [3.63, 3.8) is 0 Å². The summed E-state index contributed by atoms with van der Waals surface area (Å²) < 4.78 is 11.2. The molecule has 1 heterocycles. The van der Waals surface area contributed by atoms with Crippen molar-refractivity contribution in [2.45, 2.75) is 13.5 Å². The quantitative estimate of drug-likeness (QED) is 0.796. The molecule has 0 bridgehead atoms. The molecule has 0 saturated carbocycles. The molecule has 0 atom stereocenters. The Kier molecular flexibility index (Phi) is 5.69. The molecule has 1 aromatic heterocycles. The molecule has 0 aliphatic rings. The Balaban J connectivity index is 2.27. The molecular weight excluding hydrogens is 322 g/mol. The molecule has 0 unspecified atom stereocenters. The lowest BCUT2D eigenvalue weighted by Gasteiger charge is -2.21. The minimum atomic E-state index is -0.0947. The van der Waals surface area contributed by atoms with E-state index in [1.54, 1.807) is 37.3 Å². The third-order valence-electron chi connectivity index (χ3n) is 3.28. The Morgan fingerprint density at radius 1 is 1.23 bits per heavy atom. The average molecular weight is 340 g/mol. The van der Waals surface area contributed by atoms with Gasteiger partial charge < -0.3 is 14.4 Å². The zero-order valence-electron chi connectivity index (χ0n) is 12.8. The Hall–Kier alpha value is -1.72. The van der Waals surface area contributed by atoms with Crippen LogP contribution in [0.5, 0.6) is 11.5 Å². The summed E-state index contributed by atoms with van der Waals surface area (Å²) in [7, 11) is 3.12. The highest BCUT2D eigenvalue weighted by molar-refractivity contribution is 7.16. The van der Waals surface area contributed by atoms with Crippen LogP contribution in [0.3, 0.4) is 0 Å². The number of carbonyl (C=O) groups is 1. The molecule has 0 N–H and O–H groups in total. The first-order valence-electron chi connectivity index (χ1n) is 6.84. The molecule has 4 nitrogen and oxygen atoms in total. The lowest BCUT2D eigenvalue weighted by atomic mass is 10.1. The van der Waals surface area contributed by atoms with Gasteiger partial charge in [0.05, 0.1) is 30.7 Å². The zero-order chi connectivity index (χ0) is 16.1. The van der Waals surface area contributed by atoms with Crippen molar-refractivity contribution in [1.29, 1.82) is 0 Å². The van der Waals surface area contributed by atoms with Gasteiger partial charge >= 0.3 is 0 Å². The zero-order valence-corrected chi connectivity index (χ0v) is 14.3. The SMILES string of the molecule is CCN(Cc1ccc(Cl)s1)C(=O)c1cc(OC)ccc1OC. The molecule has 0 aliphatic carbocycles. The summed E-state index contributed by atoms with van der Waals surface area (Å²) >= 11 is 7.43. The second kappa shape index (κ2) is 7.51. The number of ether oxygens (including phenoxy) is 2. The minimum absolute atomic E-state index is 0.0947. The fraction of sp³-hybridized carbons (Fsp3) is 0.312. The third kappa shape index (κ3) is 3.72. The Bertz CT molecular complexity index is 657. The summed E-state index contributed by atoms with van der Waals surface area (Å²) in [6.45, 7) is 3.06. The lowest BCUT2D eigenvalue weighted by Crippen LogP contribution is -2.30. The smallest absolute Gasteiger partial charge is 0.258 e. The van der Waals surface area contributed by atoms with E-state index in [-0.39, 0.29) is 5.91 Å². The van der Waals surface area contributed by atoms with Gasteiger partial charge in [-0.1, -0.05) is 11.6 Å². The fourth-order valence-corrected chi connectivity index (χ4v) is 3.21. The topological polar surface area (TPSA) is 38.8 Å². The fourth-order valence-electron chi connectivity index (χ4n) is 2.10. The first-order chi connectivity index (χ1) is 10.6. The number of benzene rings is 1. The van der Waals surface area contributed by atoms with E-state index in [9.17, 15) is 4.79 Å². The molecule has 1 amide bonds. The summed E-state index contributed by atoms with van der Waals surface area (Å²) in [4.78, 5) is 15.6. The number of thiophene rings is 1. The highest BCUT2D eigenvalue weighted by Crippen LogP contribution is 2.27. The van der Waals surface area contributed by atoms with Crippen molar-refractivity contribution < 1.29 is 14.3 Å². The van der Waals surface area contributed by atoms with Gasteiger partial charge in [0, 0.05) is 11.4 Å². The van der Waals surface area contributed by atoms with Crippen LogP contribution in [-0.4, -0.2) is 31.6 Å². The molecule has 6 heteroatoms. The molecule has 0 fully saturated rings. The van der Waals surface area contributed by atoms with E-state index in [4.69, 9.17) is 21.1 Å². The van der Waals surface area contributed by atoms with E-state index in [0.717, 1.165) is 9.21 Å². The predicted octanol–water partition coefficient (Wildman–Crippen LogP) is 4.08. The van der Waals surface area contributed by atoms with Crippen LogP contribution in [0, 0.1) is 0 Å². The lowest BCUT2D eigenvalue weighted by molar-refractivity contribution is 0.0750. The molecule has 0 spiro atoms. The summed E-state index contributed by atoms with van der Waals surface area (Å²) in [6, 6.07) is 8.98. The van der Waals surface area contributed by atoms with Crippen molar-refractivity contribution in [2.75, 3.05) is 20.8 Å². The maximum Gasteiger partial charge on any atom is 0.258 e. The molecule has 22 heavy (non-hydrogen) atoms. The van der Waals surface area contributed by atoms with Crippen LogP contribution in [0.4, 0.5) is 0 Å². The van der Waals surface area contributed by atoms with Crippen LogP contribution in [0.1, 0.15) is 22.2 Å². The number of methoxy groups -OCH3 is 2. The van der Waals surface area contributed by atoms with Gasteiger partial charge in [-0.25, -0.2) is 0 Å². The number of amides is 1. The second-order valence-electron chi connectivity index (χ2n) is 4.59. The van der Waals surface area contributed by atoms with Gasteiger partial charge in [-0.3, -0.25) is 4.79 Å². The predicted molar refractivity (Wildman–Crippen MR) is 89.3 cm³/mol. The van der Waals surface area contributed by atoms with E-state index >= 15 is 0 Å². The first kappa shape index (κ1) is 16.6. The van der Waals surface area contributed by atoms with Gasteiger partial charge in [0.2, 0.25) is 0 Å². The number of rotatable bonds is 6. The number of hydrogen-bond acceptors (Lipinski definition) is 4. The van der Waals surface area contributed by atoms with Gasteiger partial charge in [-0.15, -0.1) is 11.3 Å². The van der Waals surface area contributed by atoms with Crippen LogP contribution >= 0.6 is 22.9 Å². The summed E-state index contributed by atoms with van der Waals surface area (Å²) in [5, 5.41) is 0. The Morgan fingerprint density at radius 3 is 2.55 bits per heavy atom. The van der Waals surface area contributed by atoms with Gasteiger partial charge in [0.25, 0.3) is 5.91 Å². The molecule has 1 aromatic carbocycles. The van der Waals surface area contributed by atoms with E-state index in [0.29, 0.717) is 30.2 Å². The van der Waals surface area contributed by atoms with Crippen molar-refractivity contribution in [1.82, 2.24) is 4.90 Å². The van der Waals surface area contributed by atoms with Crippen molar-refractivity contribution >= 4 is 28.8 Å². The van der Waals surface area contributed by atoms with E-state index in [1.807, 2.05) is 19.1 Å². The average Bonchev–Trinajstić information content (AvgIpc) is 2.96. The molecule has 0 saturated heterocycles. The number of carbonyl (C=O) groups excluding carboxylic acids is 1. The van der Waals surface area contributed by atoms with Crippen LogP contribution in [0.2, 0.25) is 4.34 Å².